The fourth-order valence-electron chi connectivity index (χ4n) is 1.03. The number of rotatable bonds is 2. The minimum Gasteiger partial charge on any atom is -0.376 e. The molecule has 2 atom stereocenters. The van der Waals surface area contributed by atoms with Gasteiger partial charge in [-0.2, -0.15) is 0 Å². The zero-order valence-corrected chi connectivity index (χ0v) is 6.88. The van der Waals surface area contributed by atoms with Crippen LogP contribution in [0, 0.1) is 0 Å². The lowest BCUT2D eigenvalue weighted by atomic mass is 10.1. The predicted octanol–water partition coefficient (Wildman–Crippen LogP) is 0.305. The molecule has 2 N–H and O–H groups in total. The maximum absolute atomic E-state index is 5.79. The Morgan fingerprint density at radius 3 is 2.82 bits per heavy atom. The number of nitrogens with two attached hydrogens (primary N) is 1. The molecule has 0 aromatic rings. The Labute approximate surface area is 67.2 Å². The molecule has 0 aromatic heterocycles. The van der Waals surface area contributed by atoms with Crippen LogP contribution in [0.1, 0.15) is 6.92 Å². The van der Waals surface area contributed by atoms with E-state index in [0.29, 0.717) is 19.8 Å². The molecule has 0 bridgehead atoms. The highest BCUT2D eigenvalue weighted by Crippen LogP contribution is 2.08. The summed E-state index contributed by atoms with van der Waals surface area (Å²) in [5.41, 5.74) is 6.73. The largest absolute Gasteiger partial charge is 0.376 e. The van der Waals surface area contributed by atoms with Crippen LogP contribution in [0.3, 0.4) is 0 Å². The first-order chi connectivity index (χ1) is 5.22. The van der Waals surface area contributed by atoms with Gasteiger partial charge in [-0.3, -0.25) is 0 Å². The second-order valence-electron chi connectivity index (χ2n) is 2.86. The first kappa shape index (κ1) is 8.71. The molecule has 0 saturated carbocycles. The minimum absolute atomic E-state index is 0.00116. The van der Waals surface area contributed by atoms with E-state index in [4.69, 9.17) is 15.2 Å². The van der Waals surface area contributed by atoms with Crippen LogP contribution < -0.4 is 5.73 Å². The van der Waals surface area contributed by atoms with Crippen LogP contribution in [-0.2, 0) is 9.47 Å². The van der Waals surface area contributed by atoms with Gasteiger partial charge in [0.25, 0.3) is 0 Å². The van der Waals surface area contributed by atoms with Crippen molar-refractivity contribution in [1.29, 1.82) is 0 Å². The SMILES string of the molecule is C=C(C)C(N)C1COCCO1. The third kappa shape index (κ3) is 2.29. The highest BCUT2D eigenvalue weighted by atomic mass is 16.6. The normalized spacial score (nSPS) is 28.0. The van der Waals surface area contributed by atoms with Crippen molar-refractivity contribution >= 4 is 0 Å². The van der Waals surface area contributed by atoms with Crippen LogP contribution in [0.2, 0.25) is 0 Å². The van der Waals surface area contributed by atoms with Gasteiger partial charge in [-0.05, 0) is 6.92 Å². The quantitative estimate of drug-likeness (QED) is 0.586. The highest BCUT2D eigenvalue weighted by molar-refractivity contribution is 5.03. The Morgan fingerprint density at radius 1 is 1.64 bits per heavy atom. The number of hydrogen-bond acceptors (Lipinski definition) is 3. The van der Waals surface area contributed by atoms with Gasteiger partial charge in [0.15, 0.2) is 0 Å². The average Bonchev–Trinajstić information content (AvgIpc) is 2.05. The molecular formula is C8H15NO2. The molecular weight excluding hydrogens is 142 g/mol. The summed E-state index contributed by atoms with van der Waals surface area (Å²) in [6.07, 6.45) is 0.00116. The van der Waals surface area contributed by atoms with E-state index < -0.39 is 0 Å². The summed E-state index contributed by atoms with van der Waals surface area (Å²) in [5.74, 6) is 0. The zero-order valence-electron chi connectivity index (χ0n) is 6.88. The molecule has 0 spiro atoms. The second kappa shape index (κ2) is 3.85. The Bertz CT molecular complexity index is 141. The molecule has 0 amide bonds. The smallest absolute Gasteiger partial charge is 0.0998 e. The van der Waals surface area contributed by atoms with E-state index in [9.17, 15) is 0 Å². The lowest BCUT2D eigenvalue weighted by Crippen LogP contribution is -2.44. The summed E-state index contributed by atoms with van der Waals surface area (Å²) in [6, 6.07) is -0.0877. The standard InChI is InChI=1S/C8H15NO2/c1-6(2)8(9)7-5-10-3-4-11-7/h7-8H,1,3-5,9H2,2H3. The molecule has 0 aromatic carbocycles. The molecule has 3 nitrogen and oxygen atoms in total. The van der Waals surface area contributed by atoms with Crippen LogP contribution >= 0.6 is 0 Å². The summed E-state index contributed by atoms with van der Waals surface area (Å²) >= 11 is 0. The van der Waals surface area contributed by atoms with Crippen LogP contribution in [0.15, 0.2) is 12.2 Å². The third-order valence-corrected chi connectivity index (χ3v) is 1.81. The summed E-state index contributed by atoms with van der Waals surface area (Å²) in [6.45, 7) is 7.59. The highest BCUT2D eigenvalue weighted by Gasteiger charge is 2.21. The Hall–Kier alpha value is -0.380. The molecule has 0 radical (unpaired) electrons. The van der Waals surface area contributed by atoms with Crippen LogP contribution in [0.25, 0.3) is 0 Å². The molecule has 1 heterocycles. The van der Waals surface area contributed by atoms with Gasteiger partial charge >= 0.3 is 0 Å². The van der Waals surface area contributed by atoms with Crippen molar-refractivity contribution in [3.8, 4) is 0 Å². The van der Waals surface area contributed by atoms with Gasteiger partial charge in [0.2, 0.25) is 0 Å². The van der Waals surface area contributed by atoms with Crippen LogP contribution in [0.4, 0.5) is 0 Å². The van der Waals surface area contributed by atoms with Gasteiger partial charge in [0, 0.05) is 0 Å². The Morgan fingerprint density at radius 2 is 2.36 bits per heavy atom. The van der Waals surface area contributed by atoms with E-state index in [2.05, 4.69) is 6.58 Å². The Balaban J connectivity index is 2.38. The zero-order chi connectivity index (χ0) is 8.27. The minimum atomic E-state index is -0.0877. The maximum Gasteiger partial charge on any atom is 0.0998 e. The summed E-state index contributed by atoms with van der Waals surface area (Å²) in [4.78, 5) is 0. The van der Waals surface area contributed by atoms with Gasteiger partial charge in [-0.1, -0.05) is 12.2 Å². The third-order valence-electron chi connectivity index (χ3n) is 1.81. The van der Waals surface area contributed by atoms with Crippen molar-refractivity contribution in [1.82, 2.24) is 0 Å². The summed E-state index contributed by atoms with van der Waals surface area (Å²) in [5, 5.41) is 0. The molecule has 1 aliphatic heterocycles. The molecule has 3 heteroatoms. The van der Waals surface area contributed by atoms with E-state index in [1.165, 1.54) is 0 Å². The summed E-state index contributed by atoms with van der Waals surface area (Å²) < 4.78 is 10.6. The lowest BCUT2D eigenvalue weighted by molar-refractivity contribution is -0.0928. The van der Waals surface area contributed by atoms with Gasteiger partial charge in [-0.25, -0.2) is 0 Å². The lowest BCUT2D eigenvalue weighted by Gasteiger charge is -2.28. The fourth-order valence-corrected chi connectivity index (χ4v) is 1.03. The maximum atomic E-state index is 5.79. The molecule has 64 valence electrons. The van der Waals surface area contributed by atoms with Crippen molar-refractivity contribution in [2.75, 3.05) is 19.8 Å². The number of ether oxygens (including phenoxy) is 2. The monoisotopic (exact) mass is 157 g/mol. The molecule has 1 fully saturated rings. The van der Waals surface area contributed by atoms with E-state index in [1.807, 2.05) is 6.92 Å². The van der Waals surface area contributed by atoms with Crippen molar-refractivity contribution in [2.24, 2.45) is 5.73 Å². The molecule has 11 heavy (non-hydrogen) atoms. The predicted molar refractivity (Wildman–Crippen MR) is 43.3 cm³/mol. The fraction of sp³-hybridized carbons (Fsp3) is 0.750. The second-order valence-corrected chi connectivity index (χ2v) is 2.86. The first-order valence-electron chi connectivity index (χ1n) is 3.82. The molecule has 2 unspecified atom stereocenters. The van der Waals surface area contributed by atoms with Crippen LogP contribution in [0.5, 0.6) is 0 Å². The summed E-state index contributed by atoms with van der Waals surface area (Å²) in [7, 11) is 0. The number of hydrogen-bond donors (Lipinski definition) is 1. The van der Waals surface area contributed by atoms with Crippen molar-refractivity contribution in [3.63, 3.8) is 0 Å². The van der Waals surface area contributed by atoms with Crippen molar-refractivity contribution < 1.29 is 9.47 Å². The van der Waals surface area contributed by atoms with E-state index >= 15 is 0 Å². The van der Waals surface area contributed by atoms with Gasteiger partial charge in [0.1, 0.15) is 0 Å². The Kier molecular flexibility index (Phi) is 3.05. The van der Waals surface area contributed by atoms with E-state index in [-0.39, 0.29) is 12.1 Å². The molecule has 1 aliphatic rings. The van der Waals surface area contributed by atoms with Gasteiger partial charge in [-0.15, -0.1) is 0 Å². The topological polar surface area (TPSA) is 44.5 Å². The van der Waals surface area contributed by atoms with Crippen molar-refractivity contribution in [3.05, 3.63) is 12.2 Å². The van der Waals surface area contributed by atoms with Gasteiger partial charge in [0.05, 0.1) is 32.0 Å². The van der Waals surface area contributed by atoms with E-state index in [1.54, 1.807) is 0 Å². The van der Waals surface area contributed by atoms with E-state index in [0.717, 1.165) is 5.57 Å². The van der Waals surface area contributed by atoms with Crippen LogP contribution in [-0.4, -0.2) is 32.0 Å². The molecule has 0 aliphatic carbocycles. The van der Waals surface area contributed by atoms with Gasteiger partial charge < -0.3 is 15.2 Å². The van der Waals surface area contributed by atoms with Crippen molar-refractivity contribution in [2.45, 2.75) is 19.1 Å². The molecule has 1 saturated heterocycles. The average molecular weight is 157 g/mol. The first-order valence-corrected chi connectivity index (χ1v) is 3.82. The molecule has 1 rings (SSSR count).